The summed E-state index contributed by atoms with van der Waals surface area (Å²) in [5.41, 5.74) is 0.822. The third-order valence-corrected chi connectivity index (χ3v) is 6.93. The number of sulfonamides is 1. The summed E-state index contributed by atoms with van der Waals surface area (Å²) in [6.45, 7) is 0.410. The summed E-state index contributed by atoms with van der Waals surface area (Å²) in [7, 11) is -2.12. The summed E-state index contributed by atoms with van der Waals surface area (Å²) < 4.78 is 45.6. The summed E-state index contributed by atoms with van der Waals surface area (Å²) in [5.74, 6) is 0.899. The lowest BCUT2D eigenvalue weighted by atomic mass is 10.2. The number of benzene rings is 2. The Balaban J connectivity index is 1.99. The van der Waals surface area contributed by atoms with E-state index in [0.717, 1.165) is 17.7 Å². The first-order chi connectivity index (χ1) is 11.0. The molecule has 1 atom stereocenters. The fourth-order valence-electron chi connectivity index (χ4n) is 2.56. The monoisotopic (exact) mass is 353 g/mol. The maximum Gasteiger partial charge on any atom is 0.244 e. The van der Waals surface area contributed by atoms with E-state index >= 15 is 0 Å². The van der Waals surface area contributed by atoms with Crippen LogP contribution in [0.4, 0.5) is 4.39 Å². The molecular formula is C16H16FNO3S2. The molecule has 0 saturated carbocycles. The second kappa shape index (κ2) is 6.51. The molecule has 3 rings (SSSR count). The van der Waals surface area contributed by atoms with Crippen LogP contribution in [0.1, 0.15) is 10.9 Å². The number of nitrogens with zero attached hydrogens (tertiary/aromatic N) is 1. The van der Waals surface area contributed by atoms with Crippen molar-refractivity contribution in [3.63, 3.8) is 0 Å². The molecule has 0 unspecified atom stereocenters. The largest absolute Gasteiger partial charge is 0.496 e. The van der Waals surface area contributed by atoms with Gasteiger partial charge in [0.15, 0.2) is 0 Å². The van der Waals surface area contributed by atoms with Crippen LogP contribution in [0.2, 0.25) is 0 Å². The van der Waals surface area contributed by atoms with Gasteiger partial charge in [-0.25, -0.2) is 12.8 Å². The van der Waals surface area contributed by atoms with Crippen molar-refractivity contribution >= 4 is 21.8 Å². The highest BCUT2D eigenvalue weighted by molar-refractivity contribution is 8.01. The molecule has 23 heavy (non-hydrogen) atoms. The predicted molar refractivity (Wildman–Crippen MR) is 88.5 cm³/mol. The Bertz CT molecular complexity index is 793. The van der Waals surface area contributed by atoms with Gasteiger partial charge in [-0.05, 0) is 30.3 Å². The van der Waals surface area contributed by atoms with Gasteiger partial charge in [-0.15, -0.1) is 11.8 Å². The van der Waals surface area contributed by atoms with Crippen LogP contribution in [0, 0.1) is 5.82 Å². The van der Waals surface area contributed by atoms with E-state index in [-0.39, 0.29) is 10.3 Å². The van der Waals surface area contributed by atoms with E-state index in [2.05, 4.69) is 0 Å². The van der Waals surface area contributed by atoms with E-state index in [1.54, 1.807) is 18.9 Å². The van der Waals surface area contributed by atoms with Gasteiger partial charge < -0.3 is 4.74 Å². The predicted octanol–water partition coefficient (Wildman–Crippen LogP) is 3.27. The average Bonchev–Trinajstić information content (AvgIpc) is 3.05. The maximum absolute atomic E-state index is 13.1. The zero-order valence-electron chi connectivity index (χ0n) is 12.5. The van der Waals surface area contributed by atoms with E-state index in [4.69, 9.17) is 4.74 Å². The molecule has 1 heterocycles. The third-order valence-electron chi connectivity index (χ3n) is 3.67. The van der Waals surface area contributed by atoms with Crippen LogP contribution in [0.25, 0.3) is 0 Å². The van der Waals surface area contributed by atoms with Crippen molar-refractivity contribution in [2.45, 2.75) is 10.3 Å². The molecule has 0 spiro atoms. The zero-order chi connectivity index (χ0) is 16.4. The van der Waals surface area contributed by atoms with Gasteiger partial charge >= 0.3 is 0 Å². The van der Waals surface area contributed by atoms with E-state index in [1.807, 2.05) is 24.3 Å². The van der Waals surface area contributed by atoms with Gasteiger partial charge in [-0.1, -0.05) is 18.2 Å². The Labute approximate surface area is 139 Å². The molecule has 1 saturated heterocycles. The molecule has 1 fully saturated rings. The van der Waals surface area contributed by atoms with E-state index in [1.165, 1.54) is 16.4 Å². The Morgan fingerprint density at radius 1 is 1.17 bits per heavy atom. The highest BCUT2D eigenvalue weighted by atomic mass is 32.2. The molecule has 2 aromatic carbocycles. The molecule has 0 radical (unpaired) electrons. The van der Waals surface area contributed by atoms with Gasteiger partial charge in [0.25, 0.3) is 0 Å². The van der Waals surface area contributed by atoms with Gasteiger partial charge in [0.1, 0.15) is 11.6 Å². The fourth-order valence-corrected chi connectivity index (χ4v) is 5.82. The number of halogens is 1. The van der Waals surface area contributed by atoms with Crippen LogP contribution < -0.4 is 4.74 Å². The van der Waals surface area contributed by atoms with Gasteiger partial charge in [-0.2, -0.15) is 4.31 Å². The molecule has 0 aliphatic carbocycles. The molecule has 0 N–H and O–H groups in total. The normalized spacial score (nSPS) is 19.0. The summed E-state index contributed by atoms with van der Waals surface area (Å²) >= 11 is 1.55. The molecule has 7 heteroatoms. The van der Waals surface area contributed by atoms with E-state index < -0.39 is 15.8 Å². The van der Waals surface area contributed by atoms with Crippen LogP contribution >= 0.6 is 11.8 Å². The van der Waals surface area contributed by atoms with Crippen LogP contribution in [0.3, 0.4) is 0 Å². The molecular weight excluding hydrogens is 337 g/mol. The number of ether oxygens (including phenoxy) is 1. The summed E-state index contributed by atoms with van der Waals surface area (Å²) in [5, 5.41) is -0.346. The summed E-state index contributed by atoms with van der Waals surface area (Å²) in [6, 6.07) is 12.3. The smallest absolute Gasteiger partial charge is 0.244 e. The van der Waals surface area contributed by atoms with Crippen molar-refractivity contribution in [3.8, 4) is 5.75 Å². The van der Waals surface area contributed by atoms with Gasteiger partial charge in [0, 0.05) is 17.9 Å². The lowest BCUT2D eigenvalue weighted by Crippen LogP contribution is -2.30. The Morgan fingerprint density at radius 3 is 2.57 bits per heavy atom. The quantitative estimate of drug-likeness (QED) is 0.846. The van der Waals surface area contributed by atoms with Gasteiger partial charge in [-0.3, -0.25) is 0 Å². The third kappa shape index (κ3) is 3.08. The first-order valence-corrected chi connectivity index (χ1v) is 9.55. The Hall–Kier alpha value is -1.57. The number of rotatable bonds is 4. The first kappa shape index (κ1) is 16.3. The van der Waals surface area contributed by atoms with Crippen molar-refractivity contribution in [2.75, 3.05) is 19.4 Å². The number of hydrogen-bond donors (Lipinski definition) is 0. The number of para-hydroxylation sites is 1. The number of thioether (sulfide) groups is 1. The van der Waals surface area contributed by atoms with Crippen LogP contribution in [-0.4, -0.2) is 32.1 Å². The Morgan fingerprint density at radius 2 is 1.87 bits per heavy atom. The molecule has 1 aliphatic rings. The molecule has 0 bridgehead atoms. The maximum atomic E-state index is 13.1. The highest BCUT2D eigenvalue weighted by Crippen LogP contribution is 2.44. The fraction of sp³-hybridized carbons (Fsp3) is 0.250. The molecule has 4 nitrogen and oxygen atoms in total. The lowest BCUT2D eigenvalue weighted by Gasteiger charge is -2.24. The highest BCUT2D eigenvalue weighted by Gasteiger charge is 2.38. The molecule has 0 aromatic heterocycles. The lowest BCUT2D eigenvalue weighted by molar-refractivity contribution is 0.390. The molecule has 122 valence electrons. The summed E-state index contributed by atoms with van der Waals surface area (Å²) in [4.78, 5) is 0.0984. The topological polar surface area (TPSA) is 46.6 Å². The van der Waals surface area contributed by atoms with Crippen molar-refractivity contribution < 1.29 is 17.5 Å². The minimum Gasteiger partial charge on any atom is -0.496 e. The second-order valence-electron chi connectivity index (χ2n) is 5.03. The van der Waals surface area contributed by atoms with Gasteiger partial charge in [0.05, 0.1) is 17.4 Å². The Kier molecular flexibility index (Phi) is 4.61. The number of hydrogen-bond acceptors (Lipinski definition) is 4. The first-order valence-electron chi connectivity index (χ1n) is 7.06. The van der Waals surface area contributed by atoms with E-state index in [0.29, 0.717) is 18.0 Å². The van der Waals surface area contributed by atoms with Crippen molar-refractivity contribution in [2.24, 2.45) is 0 Å². The van der Waals surface area contributed by atoms with Crippen molar-refractivity contribution in [1.29, 1.82) is 0 Å². The SMILES string of the molecule is COc1ccccc1[C@H]1SCCN1S(=O)(=O)c1ccc(F)cc1. The minimum atomic E-state index is -3.69. The van der Waals surface area contributed by atoms with Gasteiger partial charge in [0.2, 0.25) is 10.0 Å². The number of methoxy groups -OCH3 is 1. The van der Waals surface area contributed by atoms with Crippen LogP contribution in [0.15, 0.2) is 53.4 Å². The standard InChI is InChI=1S/C16H16FNO3S2/c1-21-15-5-3-2-4-14(15)16-18(10-11-22-16)23(19,20)13-8-6-12(17)7-9-13/h2-9,16H,10-11H2,1H3/t16-/m1/s1. The minimum absolute atomic E-state index is 0.0984. The van der Waals surface area contributed by atoms with Crippen molar-refractivity contribution in [1.82, 2.24) is 4.31 Å². The molecule has 2 aromatic rings. The average molecular weight is 353 g/mol. The zero-order valence-corrected chi connectivity index (χ0v) is 14.1. The molecule has 0 amide bonds. The van der Waals surface area contributed by atoms with E-state index in [9.17, 15) is 12.8 Å². The molecule has 1 aliphatic heterocycles. The van der Waals surface area contributed by atoms with Crippen LogP contribution in [-0.2, 0) is 10.0 Å². The van der Waals surface area contributed by atoms with Crippen LogP contribution in [0.5, 0.6) is 5.75 Å². The summed E-state index contributed by atoms with van der Waals surface area (Å²) in [6.07, 6.45) is 0. The van der Waals surface area contributed by atoms with Crippen molar-refractivity contribution in [3.05, 3.63) is 59.9 Å². The second-order valence-corrected chi connectivity index (χ2v) is 8.11.